The SMILES string of the molecule is CCC(C)NC(=O)CCC#N. The normalized spacial score (nSPS) is 11.7. The molecule has 0 radical (unpaired) electrons. The van der Waals surface area contributed by atoms with Gasteiger partial charge in [0.1, 0.15) is 0 Å². The summed E-state index contributed by atoms with van der Waals surface area (Å²) in [6.45, 7) is 3.96. The summed E-state index contributed by atoms with van der Waals surface area (Å²) in [4.78, 5) is 10.9. The second-order valence-corrected chi connectivity index (χ2v) is 2.53. The minimum absolute atomic E-state index is 0.0269. The van der Waals surface area contributed by atoms with Gasteiger partial charge in [-0.05, 0) is 13.3 Å². The average Bonchev–Trinajstić information content (AvgIpc) is 2.00. The number of hydrogen-bond acceptors (Lipinski definition) is 2. The lowest BCUT2D eigenvalue weighted by molar-refractivity contribution is -0.121. The zero-order chi connectivity index (χ0) is 8.69. The molecule has 1 N–H and O–H groups in total. The number of rotatable bonds is 4. The van der Waals surface area contributed by atoms with Gasteiger partial charge in [0.25, 0.3) is 0 Å². The standard InChI is InChI=1S/C8H14N2O/c1-3-7(2)10-8(11)5-4-6-9/h7H,3-5H2,1-2H3,(H,10,11). The first-order chi connectivity index (χ1) is 5.20. The van der Waals surface area contributed by atoms with E-state index >= 15 is 0 Å². The van der Waals surface area contributed by atoms with Crippen LogP contribution in [0.4, 0.5) is 0 Å². The Morgan fingerprint density at radius 2 is 2.36 bits per heavy atom. The summed E-state index contributed by atoms with van der Waals surface area (Å²) in [5, 5.41) is 11.0. The van der Waals surface area contributed by atoms with Gasteiger partial charge in [-0.2, -0.15) is 5.26 Å². The highest BCUT2D eigenvalue weighted by molar-refractivity contribution is 5.76. The molecule has 1 unspecified atom stereocenters. The molecule has 3 nitrogen and oxygen atoms in total. The molecule has 0 aromatic carbocycles. The van der Waals surface area contributed by atoms with Crippen LogP contribution in [0.15, 0.2) is 0 Å². The van der Waals surface area contributed by atoms with Gasteiger partial charge in [-0.3, -0.25) is 4.79 Å². The van der Waals surface area contributed by atoms with E-state index in [9.17, 15) is 4.79 Å². The highest BCUT2D eigenvalue weighted by Crippen LogP contribution is 1.91. The van der Waals surface area contributed by atoms with Crippen LogP contribution < -0.4 is 5.32 Å². The highest BCUT2D eigenvalue weighted by atomic mass is 16.1. The molecule has 0 heterocycles. The fourth-order valence-corrected chi connectivity index (χ4v) is 0.618. The molecule has 0 aliphatic carbocycles. The summed E-state index contributed by atoms with van der Waals surface area (Å²) in [5.74, 6) is -0.0269. The van der Waals surface area contributed by atoms with Gasteiger partial charge in [0.15, 0.2) is 0 Å². The quantitative estimate of drug-likeness (QED) is 0.661. The van der Waals surface area contributed by atoms with Gasteiger partial charge in [-0.15, -0.1) is 0 Å². The molecule has 1 atom stereocenters. The van der Waals surface area contributed by atoms with Crippen LogP contribution in [0.5, 0.6) is 0 Å². The number of nitrogens with zero attached hydrogens (tertiary/aromatic N) is 1. The minimum atomic E-state index is -0.0269. The zero-order valence-electron chi connectivity index (χ0n) is 7.05. The third kappa shape index (κ3) is 5.41. The lowest BCUT2D eigenvalue weighted by atomic mass is 10.2. The molecule has 3 heteroatoms. The van der Waals surface area contributed by atoms with Crippen molar-refractivity contribution in [1.82, 2.24) is 5.32 Å². The molecule has 0 saturated carbocycles. The van der Waals surface area contributed by atoms with Crippen molar-refractivity contribution in [3.8, 4) is 6.07 Å². The molecule has 0 bridgehead atoms. The van der Waals surface area contributed by atoms with E-state index in [0.29, 0.717) is 12.8 Å². The van der Waals surface area contributed by atoms with E-state index in [-0.39, 0.29) is 11.9 Å². The highest BCUT2D eigenvalue weighted by Gasteiger charge is 2.03. The first-order valence-electron chi connectivity index (χ1n) is 3.87. The molecular weight excluding hydrogens is 140 g/mol. The van der Waals surface area contributed by atoms with Crippen LogP contribution >= 0.6 is 0 Å². The fourth-order valence-electron chi connectivity index (χ4n) is 0.618. The molecule has 0 fully saturated rings. The van der Waals surface area contributed by atoms with E-state index in [0.717, 1.165) is 6.42 Å². The largest absolute Gasteiger partial charge is 0.354 e. The second-order valence-electron chi connectivity index (χ2n) is 2.53. The molecule has 0 saturated heterocycles. The van der Waals surface area contributed by atoms with E-state index in [2.05, 4.69) is 5.32 Å². The maximum atomic E-state index is 10.9. The topological polar surface area (TPSA) is 52.9 Å². The fraction of sp³-hybridized carbons (Fsp3) is 0.750. The number of carbonyl (C=O) groups is 1. The van der Waals surface area contributed by atoms with E-state index in [1.165, 1.54) is 0 Å². The molecule has 0 spiro atoms. The van der Waals surface area contributed by atoms with Gasteiger partial charge in [-0.1, -0.05) is 6.92 Å². The lowest BCUT2D eigenvalue weighted by Crippen LogP contribution is -2.31. The summed E-state index contributed by atoms with van der Waals surface area (Å²) in [5.41, 5.74) is 0. The Labute approximate surface area is 67.4 Å². The molecular formula is C8H14N2O. The number of carbonyl (C=O) groups excluding carboxylic acids is 1. The van der Waals surface area contributed by atoms with Gasteiger partial charge >= 0.3 is 0 Å². The van der Waals surface area contributed by atoms with Gasteiger partial charge in [0, 0.05) is 18.9 Å². The summed E-state index contributed by atoms with van der Waals surface area (Å²) < 4.78 is 0. The van der Waals surface area contributed by atoms with E-state index in [1.807, 2.05) is 19.9 Å². The third-order valence-corrected chi connectivity index (χ3v) is 1.48. The van der Waals surface area contributed by atoms with E-state index in [4.69, 9.17) is 5.26 Å². The molecule has 0 aromatic rings. The second kappa shape index (κ2) is 5.72. The minimum Gasteiger partial charge on any atom is -0.354 e. The van der Waals surface area contributed by atoms with Gasteiger partial charge < -0.3 is 5.32 Å². The average molecular weight is 154 g/mol. The predicted molar refractivity (Wildman–Crippen MR) is 42.7 cm³/mol. The Hall–Kier alpha value is -1.04. The predicted octanol–water partition coefficient (Wildman–Crippen LogP) is 1.20. The Morgan fingerprint density at radius 1 is 1.73 bits per heavy atom. The van der Waals surface area contributed by atoms with Crippen molar-refractivity contribution in [2.75, 3.05) is 0 Å². The molecule has 0 aromatic heterocycles. The summed E-state index contributed by atoms with van der Waals surface area (Å²) in [7, 11) is 0. The number of nitrogens with one attached hydrogen (secondary N) is 1. The van der Waals surface area contributed by atoms with Gasteiger partial charge in [0.05, 0.1) is 6.07 Å². The molecule has 1 amide bonds. The molecule has 0 aliphatic rings. The number of nitriles is 1. The van der Waals surface area contributed by atoms with Crippen molar-refractivity contribution in [2.24, 2.45) is 0 Å². The summed E-state index contributed by atoms with van der Waals surface area (Å²) in [6, 6.07) is 2.15. The van der Waals surface area contributed by atoms with Crippen molar-refractivity contribution in [1.29, 1.82) is 5.26 Å². The number of amides is 1. The zero-order valence-corrected chi connectivity index (χ0v) is 7.05. The van der Waals surface area contributed by atoms with Gasteiger partial charge in [0.2, 0.25) is 5.91 Å². The van der Waals surface area contributed by atoms with Crippen LogP contribution in [0.3, 0.4) is 0 Å². The van der Waals surface area contributed by atoms with Crippen LogP contribution in [0.2, 0.25) is 0 Å². The first kappa shape index (κ1) is 9.96. The van der Waals surface area contributed by atoms with Crippen molar-refractivity contribution >= 4 is 5.91 Å². The Morgan fingerprint density at radius 3 is 2.82 bits per heavy atom. The maximum absolute atomic E-state index is 10.9. The molecule has 62 valence electrons. The van der Waals surface area contributed by atoms with Crippen LogP contribution in [0, 0.1) is 11.3 Å². The van der Waals surface area contributed by atoms with Gasteiger partial charge in [-0.25, -0.2) is 0 Å². The lowest BCUT2D eigenvalue weighted by Gasteiger charge is -2.09. The summed E-state index contributed by atoms with van der Waals surface area (Å²) >= 11 is 0. The Balaban J connectivity index is 3.45. The molecule has 0 rings (SSSR count). The van der Waals surface area contributed by atoms with Crippen molar-refractivity contribution in [3.63, 3.8) is 0 Å². The third-order valence-electron chi connectivity index (χ3n) is 1.48. The van der Waals surface area contributed by atoms with E-state index < -0.39 is 0 Å². The Kier molecular flexibility index (Phi) is 5.18. The summed E-state index contributed by atoms with van der Waals surface area (Å²) in [6.07, 6.45) is 1.56. The van der Waals surface area contributed by atoms with Crippen molar-refractivity contribution < 1.29 is 4.79 Å². The smallest absolute Gasteiger partial charge is 0.221 e. The van der Waals surface area contributed by atoms with Crippen molar-refractivity contribution in [3.05, 3.63) is 0 Å². The monoisotopic (exact) mass is 154 g/mol. The van der Waals surface area contributed by atoms with Crippen molar-refractivity contribution in [2.45, 2.75) is 39.2 Å². The number of hydrogen-bond donors (Lipinski definition) is 1. The molecule has 0 aliphatic heterocycles. The Bertz CT molecular complexity index is 160. The van der Waals surface area contributed by atoms with Crippen LogP contribution in [-0.2, 0) is 4.79 Å². The van der Waals surface area contributed by atoms with Crippen LogP contribution in [0.1, 0.15) is 33.1 Å². The van der Waals surface area contributed by atoms with Crippen LogP contribution in [-0.4, -0.2) is 11.9 Å². The maximum Gasteiger partial charge on any atom is 0.221 e. The first-order valence-corrected chi connectivity index (χ1v) is 3.87. The van der Waals surface area contributed by atoms with Crippen LogP contribution in [0.25, 0.3) is 0 Å². The molecule has 11 heavy (non-hydrogen) atoms. The van der Waals surface area contributed by atoms with E-state index in [1.54, 1.807) is 0 Å².